The summed E-state index contributed by atoms with van der Waals surface area (Å²) in [5.41, 5.74) is -0.623. The number of hydrogen-bond acceptors (Lipinski definition) is 5. The average Bonchev–Trinajstić information content (AvgIpc) is 3.09. The van der Waals surface area contributed by atoms with Crippen molar-refractivity contribution in [3.8, 4) is 5.88 Å². The van der Waals surface area contributed by atoms with Gasteiger partial charge in [0.25, 0.3) is 0 Å². The van der Waals surface area contributed by atoms with Crippen LogP contribution in [0.5, 0.6) is 5.88 Å². The number of ether oxygens (including phenoxy) is 1. The largest absolute Gasteiger partial charge is 0.468 e. The van der Waals surface area contributed by atoms with Crippen molar-refractivity contribution in [1.82, 2.24) is 20.6 Å². The van der Waals surface area contributed by atoms with Gasteiger partial charge in [-0.15, -0.1) is 35.3 Å². The number of nitrogens with zero attached hydrogens (tertiary/aromatic N) is 3. The molecule has 0 spiro atoms. The molecule has 0 bridgehead atoms. The number of rotatable bonds is 6. The van der Waals surface area contributed by atoms with Crippen molar-refractivity contribution >= 4 is 41.3 Å². The zero-order chi connectivity index (χ0) is 20.8. The fraction of sp³-hybridized carbons (Fsp3) is 0.400. The molecule has 2 aromatic rings. The number of guanidine groups is 1. The fourth-order valence-electron chi connectivity index (χ4n) is 1.92. The van der Waals surface area contributed by atoms with E-state index in [9.17, 15) is 26.3 Å². The average molecular weight is 555 g/mol. The van der Waals surface area contributed by atoms with Gasteiger partial charge in [-0.2, -0.15) is 26.3 Å². The number of halogens is 7. The van der Waals surface area contributed by atoms with Crippen LogP contribution in [-0.4, -0.2) is 35.8 Å². The lowest BCUT2D eigenvalue weighted by molar-refractivity contribution is -0.154. The van der Waals surface area contributed by atoms with Crippen molar-refractivity contribution in [2.45, 2.75) is 25.4 Å². The zero-order valence-corrected chi connectivity index (χ0v) is 17.9. The van der Waals surface area contributed by atoms with Gasteiger partial charge in [-0.3, -0.25) is 4.99 Å². The van der Waals surface area contributed by atoms with Crippen LogP contribution in [0.1, 0.15) is 16.3 Å². The Kier molecular flexibility index (Phi) is 9.38. The monoisotopic (exact) mass is 555 g/mol. The van der Waals surface area contributed by atoms with E-state index in [4.69, 9.17) is 0 Å². The lowest BCUT2D eigenvalue weighted by Crippen LogP contribution is -2.36. The molecule has 0 aliphatic heterocycles. The van der Waals surface area contributed by atoms with Gasteiger partial charge in [-0.1, -0.05) is 6.07 Å². The Balaban J connectivity index is 0.00000420. The van der Waals surface area contributed by atoms with Crippen LogP contribution in [0.4, 0.5) is 26.3 Å². The maximum Gasteiger partial charge on any atom is 0.434 e. The van der Waals surface area contributed by atoms with Crippen LogP contribution in [0.25, 0.3) is 0 Å². The second kappa shape index (κ2) is 10.8. The Morgan fingerprint density at radius 2 is 1.86 bits per heavy atom. The molecule has 0 aliphatic carbocycles. The second-order valence-electron chi connectivity index (χ2n) is 5.28. The van der Waals surface area contributed by atoms with E-state index in [2.05, 4.69) is 30.3 Å². The van der Waals surface area contributed by atoms with Crippen molar-refractivity contribution in [3.63, 3.8) is 0 Å². The van der Waals surface area contributed by atoms with E-state index in [1.807, 2.05) is 0 Å². The third-order valence-electron chi connectivity index (χ3n) is 3.14. The number of thiazole rings is 1. The summed E-state index contributed by atoms with van der Waals surface area (Å²) in [7, 11) is 1.43. The standard InChI is InChI=1S/C15H15F6N5OS.HI/c1-22-13(25-6-11-26-10(7-28-11)15(19,20)21)24-5-9-3-2-4-23-12(9)27-8-14(16,17)18;/h2-4,7H,5-6,8H2,1H3,(H2,22,24,25);1H. The van der Waals surface area contributed by atoms with E-state index in [0.717, 1.165) is 16.7 Å². The smallest absolute Gasteiger partial charge is 0.434 e. The molecule has 0 fully saturated rings. The highest BCUT2D eigenvalue weighted by Gasteiger charge is 2.33. The molecule has 2 heterocycles. The van der Waals surface area contributed by atoms with E-state index in [-0.39, 0.29) is 53.9 Å². The minimum Gasteiger partial charge on any atom is -0.468 e. The predicted octanol–water partition coefficient (Wildman–Crippen LogP) is 3.98. The third kappa shape index (κ3) is 8.59. The van der Waals surface area contributed by atoms with E-state index in [1.165, 1.54) is 25.4 Å². The molecule has 2 N–H and O–H groups in total. The quantitative estimate of drug-likeness (QED) is 0.244. The molecule has 0 radical (unpaired) electrons. The van der Waals surface area contributed by atoms with E-state index >= 15 is 0 Å². The van der Waals surface area contributed by atoms with Crippen LogP contribution < -0.4 is 15.4 Å². The molecule has 0 aromatic carbocycles. The summed E-state index contributed by atoms with van der Waals surface area (Å²) in [6.45, 7) is -1.45. The van der Waals surface area contributed by atoms with Crippen molar-refractivity contribution in [3.05, 3.63) is 40.0 Å². The molecular formula is C15H16F6IN5OS. The molecule has 0 atom stereocenters. The first-order chi connectivity index (χ1) is 13.1. The van der Waals surface area contributed by atoms with Gasteiger partial charge in [0.1, 0.15) is 5.01 Å². The maximum absolute atomic E-state index is 12.5. The Hall–Kier alpha value is -1.84. The first-order valence-corrected chi connectivity index (χ1v) is 8.56. The Morgan fingerprint density at radius 1 is 1.17 bits per heavy atom. The molecule has 0 saturated heterocycles. The molecule has 162 valence electrons. The van der Waals surface area contributed by atoms with Crippen molar-refractivity contribution in [2.24, 2.45) is 4.99 Å². The molecule has 0 amide bonds. The lowest BCUT2D eigenvalue weighted by atomic mass is 10.2. The van der Waals surface area contributed by atoms with Gasteiger partial charge < -0.3 is 15.4 Å². The normalized spacial score (nSPS) is 12.3. The van der Waals surface area contributed by atoms with E-state index < -0.39 is 24.7 Å². The van der Waals surface area contributed by atoms with Crippen molar-refractivity contribution < 1.29 is 31.1 Å². The molecule has 14 heteroatoms. The molecule has 0 saturated carbocycles. The molecule has 0 unspecified atom stereocenters. The topological polar surface area (TPSA) is 71.4 Å². The van der Waals surface area contributed by atoms with Gasteiger partial charge >= 0.3 is 12.4 Å². The summed E-state index contributed by atoms with van der Waals surface area (Å²) in [5.74, 6) is 0.0342. The van der Waals surface area contributed by atoms with Crippen LogP contribution in [-0.2, 0) is 19.3 Å². The second-order valence-corrected chi connectivity index (χ2v) is 6.22. The summed E-state index contributed by atoms with van der Waals surface area (Å²) in [5, 5.41) is 6.71. The Labute approximate surface area is 182 Å². The third-order valence-corrected chi connectivity index (χ3v) is 3.99. The van der Waals surface area contributed by atoms with Crippen LogP contribution in [0.15, 0.2) is 28.7 Å². The van der Waals surface area contributed by atoms with Crippen molar-refractivity contribution in [1.29, 1.82) is 0 Å². The number of nitrogens with one attached hydrogen (secondary N) is 2. The highest BCUT2D eigenvalue weighted by molar-refractivity contribution is 14.0. The van der Waals surface area contributed by atoms with Crippen molar-refractivity contribution in [2.75, 3.05) is 13.7 Å². The number of aliphatic imine (C=N–C) groups is 1. The SMILES string of the molecule is CN=C(NCc1nc(C(F)(F)F)cs1)NCc1cccnc1OCC(F)(F)F.I. The van der Waals surface area contributed by atoms with Crippen LogP contribution in [0.2, 0.25) is 0 Å². The number of hydrogen-bond donors (Lipinski definition) is 2. The molecule has 29 heavy (non-hydrogen) atoms. The Morgan fingerprint density at radius 3 is 2.45 bits per heavy atom. The van der Waals surface area contributed by atoms with Gasteiger partial charge in [0, 0.05) is 30.7 Å². The lowest BCUT2D eigenvalue weighted by Gasteiger charge is -2.14. The first-order valence-electron chi connectivity index (χ1n) is 7.68. The fourth-order valence-corrected chi connectivity index (χ4v) is 2.66. The highest BCUT2D eigenvalue weighted by atomic mass is 127. The van der Waals surface area contributed by atoms with Crippen LogP contribution >= 0.6 is 35.3 Å². The first kappa shape index (κ1) is 25.2. The summed E-state index contributed by atoms with van der Waals surface area (Å²) in [4.78, 5) is 11.1. The minimum atomic E-state index is -4.51. The van der Waals surface area contributed by atoms with Gasteiger partial charge in [-0.05, 0) is 6.07 Å². The molecule has 6 nitrogen and oxygen atoms in total. The Bertz CT molecular complexity index is 811. The number of alkyl halides is 6. The van der Waals surface area contributed by atoms with Gasteiger partial charge in [0.05, 0.1) is 6.54 Å². The van der Waals surface area contributed by atoms with Crippen LogP contribution in [0.3, 0.4) is 0 Å². The maximum atomic E-state index is 12.5. The van der Waals surface area contributed by atoms with E-state index in [0.29, 0.717) is 5.56 Å². The van der Waals surface area contributed by atoms with Crippen LogP contribution in [0, 0.1) is 0 Å². The predicted molar refractivity (Wildman–Crippen MR) is 105 cm³/mol. The highest BCUT2D eigenvalue weighted by Crippen LogP contribution is 2.29. The number of aromatic nitrogens is 2. The van der Waals surface area contributed by atoms with E-state index in [1.54, 1.807) is 0 Å². The van der Waals surface area contributed by atoms with Gasteiger partial charge in [-0.25, -0.2) is 9.97 Å². The molecule has 2 rings (SSSR count). The summed E-state index contributed by atoms with van der Waals surface area (Å²) >= 11 is 0.842. The summed E-state index contributed by atoms with van der Waals surface area (Å²) in [6, 6.07) is 3.05. The summed E-state index contributed by atoms with van der Waals surface area (Å²) in [6.07, 6.45) is -7.71. The zero-order valence-electron chi connectivity index (χ0n) is 14.8. The minimum absolute atomic E-state index is 0. The van der Waals surface area contributed by atoms with Gasteiger partial charge in [0.2, 0.25) is 5.88 Å². The molecule has 2 aromatic heterocycles. The van der Waals surface area contributed by atoms with Gasteiger partial charge in [0.15, 0.2) is 18.3 Å². The molecule has 0 aliphatic rings. The summed E-state index contributed by atoms with van der Waals surface area (Å²) < 4.78 is 79.2. The number of pyridine rings is 1. The molecular weight excluding hydrogens is 539 g/mol.